The number of pyridine rings is 1. The highest BCUT2D eigenvalue weighted by atomic mass is 16.2. The maximum Gasteiger partial charge on any atom is 0.227 e. The van der Waals surface area contributed by atoms with Gasteiger partial charge in [-0.05, 0) is 49.1 Å². The quantitative estimate of drug-likeness (QED) is 0.843. The Morgan fingerprint density at radius 3 is 2.80 bits per heavy atom. The average Bonchev–Trinajstić information content (AvgIpc) is 3.31. The van der Waals surface area contributed by atoms with Crippen molar-refractivity contribution in [2.24, 2.45) is 17.8 Å². The van der Waals surface area contributed by atoms with E-state index in [-0.39, 0.29) is 17.9 Å². The van der Waals surface area contributed by atoms with Crippen molar-refractivity contribution in [3.05, 3.63) is 30.1 Å². The molecule has 0 N–H and O–H groups in total. The van der Waals surface area contributed by atoms with Crippen LogP contribution in [-0.2, 0) is 16.0 Å². The van der Waals surface area contributed by atoms with Gasteiger partial charge in [0.1, 0.15) is 0 Å². The number of nitrogens with zero attached hydrogens (tertiary/aromatic N) is 3. The molecule has 5 heteroatoms. The smallest absolute Gasteiger partial charge is 0.227 e. The molecular formula is C20H27N3O2. The van der Waals surface area contributed by atoms with Crippen LogP contribution in [-0.4, -0.2) is 52.3 Å². The van der Waals surface area contributed by atoms with E-state index in [9.17, 15) is 9.59 Å². The van der Waals surface area contributed by atoms with Crippen LogP contribution in [0.3, 0.4) is 0 Å². The van der Waals surface area contributed by atoms with Crippen molar-refractivity contribution in [2.75, 3.05) is 19.6 Å². The first-order valence-corrected chi connectivity index (χ1v) is 9.64. The zero-order chi connectivity index (χ0) is 17.4. The topological polar surface area (TPSA) is 53.5 Å². The van der Waals surface area contributed by atoms with Crippen LogP contribution in [0.15, 0.2) is 24.5 Å². The number of fused-ring (bicyclic) bond motifs is 1. The summed E-state index contributed by atoms with van der Waals surface area (Å²) in [6.45, 7) is 4.14. The second kappa shape index (κ2) is 6.77. The summed E-state index contributed by atoms with van der Waals surface area (Å²) < 4.78 is 0. The Balaban J connectivity index is 1.37. The molecular weight excluding hydrogens is 314 g/mol. The number of aromatic nitrogens is 1. The molecule has 0 aromatic carbocycles. The van der Waals surface area contributed by atoms with Crippen molar-refractivity contribution < 1.29 is 9.59 Å². The summed E-state index contributed by atoms with van der Waals surface area (Å²) in [6, 6.07) is 3.94. The number of piperazine rings is 1. The fourth-order valence-corrected chi connectivity index (χ4v) is 4.76. The first-order valence-electron chi connectivity index (χ1n) is 9.64. The molecule has 4 atom stereocenters. The zero-order valence-corrected chi connectivity index (χ0v) is 14.9. The zero-order valence-electron chi connectivity index (χ0n) is 14.9. The summed E-state index contributed by atoms with van der Waals surface area (Å²) in [6.07, 6.45) is 8.33. The Morgan fingerprint density at radius 1 is 1.28 bits per heavy atom. The summed E-state index contributed by atoms with van der Waals surface area (Å²) in [7, 11) is 0. The van der Waals surface area contributed by atoms with Gasteiger partial charge >= 0.3 is 0 Å². The molecule has 1 unspecified atom stereocenters. The first-order chi connectivity index (χ1) is 12.2. The highest BCUT2D eigenvalue weighted by Crippen LogP contribution is 2.55. The Bertz CT molecular complexity index is 648. The summed E-state index contributed by atoms with van der Waals surface area (Å²) in [5, 5.41) is 0. The molecule has 0 spiro atoms. The summed E-state index contributed by atoms with van der Waals surface area (Å²) in [4.78, 5) is 33.7. The third-order valence-corrected chi connectivity index (χ3v) is 6.32. The second-order valence-electron chi connectivity index (χ2n) is 7.81. The Morgan fingerprint density at radius 2 is 2.16 bits per heavy atom. The molecule has 2 heterocycles. The minimum Gasteiger partial charge on any atom is -0.339 e. The molecule has 2 amide bonds. The van der Waals surface area contributed by atoms with Crippen molar-refractivity contribution in [3.8, 4) is 0 Å². The van der Waals surface area contributed by atoms with Gasteiger partial charge in [-0.25, -0.2) is 0 Å². The standard InChI is InChI=1S/C20H27N3O2/c1-2-16-13-22(20(25)17-6-5-15-11-18(15)17)8-9-23(16)19(24)10-14-4-3-7-21-12-14/h3-4,7,12,15-18H,2,5-6,8-11,13H2,1H3/t15-,16?,17-,18+/m1/s1. The molecule has 1 aliphatic heterocycles. The van der Waals surface area contributed by atoms with E-state index in [1.165, 1.54) is 12.8 Å². The number of carbonyl (C=O) groups excluding carboxylic acids is 2. The third-order valence-electron chi connectivity index (χ3n) is 6.32. The second-order valence-corrected chi connectivity index (χ2v) is 7.81. The normalized spacial score (nSPS) is 30.9. The first kappa shape index (κ1) is 16.6. The van der Waals surface area contributed by atoms with Crippen molar-refractivity contribution in [2.45, 2.75) is 45.1 Å². The van der Waals surface area contributed by atoms with E-state index < -0.39 is 0 Å². The largest absolute Gasteiger partial charge is 0.339 e. The molecule has 5 nitrogen and oxygen atoms in total. The van der Waals surface area contributed by atoms with Crippen molar-refractivity contribution in [1.29, 1.82) is 0 Å². The van der Waals surface area contributed by atoms with E-state index in [1.807, 2.05) is 21.9 Å². The number of hydrogen-bond donors (Lipinski definition) is 0. The van der Waals surface area contributed by atoms with E-state index in [0.717, 1.165) is 24.3 Å². The molecule has 2 saturated carbocycles. The maximum atomic E-state index is 12.9. The van der Waals surface area contributed by atoms with Crippen LogP contribution in [0.4, 0.5) is 0 Å². The van der Waals surface area contributed by atoms with Gasteiger partial charge in [-0.1, -0.05) is 13.0 Å². The van der Waals surface area contributed by atoms with Crippen LogP contribution in [0.5, 0.6) is 0 Å². The molecule has 1 saturated heterocycles. The van der Waals surface area contributed by atoms with Crippen LogP contribution in [0.2, 0.25) is 0 Å². The Labute approximate surface area is 149 Å². The van der Waals surface area contributed by atoms with Crippen molar-refractivity contribution in [3.63, 3.8) is 0 Å². The van der Waals surface area contributed by atoms with Gasteiger partial charge in [0.05, 0.1) is 6.42 Å². The fraction of sp³-hybridized carbons (Fsp3) is 0.650. The SMILES string of the molecule is CCC1CN(C(=O)[C@@H]2CC[C@@H]3C[C@@H]32)CCN1C(=O)Cc1cccnc1. The molecule has 0 bridgehead atoms. The minimum absolute atomic E-state index is 0.137. The van der Waals surface area contributed by atoms with Crippen LogP contribution >= 0.6 is 0 Å². The summed E-state index contributed by atoms with van der Waals surface area (Å²) in [5.74, 6) is 2.26. The Kier molecular flexibility index (Phi) is 4.48. The minimum atomic E-state index is 0.137. The van der Waals surface area contributed by atoms with Gasteiger partial charge in [-0.15, -0.1) is 0 Å². The average molecular weight is 341 g/mol. The van der Waals surface area contributed by atoms with Gasteiger partial charge in [-0.2, -0.15) is 0 Å². The van der Waals surface area contributed by atoms with E-state index in [1.54, 1.807) is 12.4 Å². The van der Waals surface area contributed by atoms with Crippen molar-refractivity contribution >= 4 is 11.8 Å². The van der Waals surface area contributed by atoms with E-state index in [0.29, 0.717) is 37.9 Å². The molecule has 3 aliphatic rings. The molecule has 134 valence electrons. The van der Waals surface area contributed by atoms with Crippen LogP contribution in [0.25, 0.3) is 0 Å². The third kappa shape index (κ3) is 3.29. The lowest BCUT2D eigenvalue weighted by atomic mass is 9.99. The number of carbonyl (C=O) groups is 2. The van der Waals surface area contributed by atoms with E-state index >= 15 is 0 Å². The van der Waals surface area contributed by atoms with Crippen LogP contribution < -0.4 is 0 Å². The van der Waals surface area contributed by atoms with Gasteiger partial charge in [0.2, 0.25) is 11.8 Å². The molecule has 4 rings (SSSR count). The van der Waals surface area contributed by atoms with Gasteiger partial charge in [0.15, 0.2) is 0 Å². The predicted octanol–water partition coefficient (Wildman–Crippen LogP) is 2.12. The monoisotopic (exact) mass is 341 g/mol. The highest BCUT2D eigenvalue weighted by Gasteiger charge is 2.52. The number of rotatable bonds is 4. The molecule has 1 aromatic rings. The molecule has 2 aliphatic carbocycles. The predicted molar refractivity (Wildman–Crippen MR) is 94.6 cm³/mol. The van der Waals surface area contributed by atoms with Gasteiger partial charge in [0.25, 0.3) is 0 Å². The van der Waals surface area contributed by atoms with Crippen LogP contribution in [0.1, 0.15) is 38.2 Å². The summed E-state index contributed by atoms with van der Waals surface area (Å²) in [5.41, 5.74) is 0.951. The molecule has 25 heavy (non-hydrogen) atoms. The maximum absolute atomic E-state index is 12.9. The van der Waals surface area contributed by atoms with Gasteiger partial charge < -0.3 is 9.80 Å². The molecule has 0 radical (unpaired) electrons. The van der Waals surface area contributed by atoms with E-state index in [2.05, 4.69) is 11.9 Å². The fourth-order valence-electron chi connectivity index (χ4n) is 4.76. The van der Waals surface area contributed by atoms with Gasteiger partial charge in [0, 0.05) is 44.0 Å². The van der Waals surface area contributed by atoms with Crippen molar-refractivity contribution in [1.82, 2.24) is 14.8 Å². The Hall–Kier alpha value is -1.91. The molecule has 3 fully saturated rings. The highest BCUT2D eigenvalue weighted by molar-refractivity contribution is 5.82. The lowest BCUT2D eigenvalue weighted by Crippen LogP contribution is -2.57. The summed E-state index contributed by atoms with van der Waals surface area (Å²) >= 11 is 0. The van der Waals surface area contributed by atoms with Crippen LogP contribution in [0, 0.1) is 17.8 Å². The number of hydrogen-bond acceptors (Lipinski definition) is 3. The number of amides is 2. The lowest BCUT2D eigenvalue weighted by molar-refractivity contribution is -0.145. The lowest BCUT2D eigenvalue weighted by Gasteiger charge is -2.42. The van der Waals surface area contributed by atoms with E-state index in [4.69, 9.17) is 0 Å². The molecule has 1 aromatic heterocycles. The van der Waals surface area contributed by atoms with Gasteiger partial charge in [-0.3, -0.25) is 14.6 Å².